The topological polar surface area (TPSA) is 92.5 Å². The highest BCUT2D eigenvalue weighted by molar-refractivity contribution is 6.32. The molecule has 4 atom stereocenters. The molecule has 2 aromatic heterocycles. The zero-order valence-corrected chi connectivity index (χ0v) is 23.0. The number of carbonyl (C=O) groups is 1. The van der Waals surface area contributed by atoms with Crippen molar-refractivity contribution < 1.29 is 14.6 Å². The van der Waals surface area contributed by atoms with Crippen LogP contribution in [0.2, 0.25) is 5.02 Å². The molecule has 4 heterocycles. The van der Waals surface area contributed by atoms with Gasteiger partial charge in [0.25, 0.3) is 0 Å². The van der Waals surface area contributed by atoms with E-state index in [4.69, 9.17) is 16.3 Å². The number of hydrogen-bond donors (Lipinski definition) is 2. The van der Waals surface area contributed by atoms with Crippen LogP contribution in [0.15, 0.2) is 36.7 Å². The molecule has 1 aliphatic carbocycles. The number of hydrogen-bond acceptors (Lipinski definition) is 6. The Morgan fingerprint density at radius 2 is 2.03 bits per heavy atom. The molecule has 3 fully saturated rings. The predicted octanol–water partition coefficient (Wildman–Crippen LogP) is 4.74. The van der Waals surface area contributed by atoms with Crippen LogP contribution in [0.5, 0.6) is 0 Å². The number of halogens is 1. The Bertz CT molecular complexity index is 1350. The maximum atomic E-state index is 13.0. The molecule has 38 heavy (non-hydrogen) atoms. The van der Waals surface area contributed by atoms with Crippen molar-refractivity contribution in [3.63, 3.8) is 0 Å². The van der Waals surface area contributed by atoms with Crippen molar-refractivity contribution in [2.75, 3.05) is 31.6 Å². The largest absolute Gasteiger partial charge is 0.389 e. The average molecular weight is 538 g/mol. The summed E-state index contributed by atoms with van der Waals surface area (Å²) in [6, 6.07) is 8.38. The summed E-state index contributed by atoms with van der Waals surface area (Å²) in [7, 11) is 0. The van der Waals surface area contributed by atoms with Crippen LogP contribution in [0.4, 0.5) is 5.82 Å². The summed E-state index contributed by atoms with van der Waals surface area (Å²) in [4.78, 5) is 19.9. The van der Waals surface area contributed by atoms with E-state index in [9.17, 15) is 9.90 Å². The zero-order chi connectivity index (χ0) is 26.6. The molecule has 2 saturated heterocycles. The van der Waals surface area contributed by atoms with Crippen LogP contribution in [0, 0.1) is 5.92 Å². The summed E-state index contributed by atoms with van der Waals surface area (Å²) in [6.45, 7) is 9.07. The molecule has 0 spiro atoms. The fourth-order valence-electron chi connectivity index (χ4n) is 6.30. The minimum absolute atomic E-state index is 0.00601. The van der Waals surface area contributed by atoms with E-state index in [0.29, 0.717) is 24.9 Å². The number of rotatable bonds is 6. The van der Waals surface area contributed by atoms with Gasteiger partial charge >= 0.3 is 0 Å². The number of nitrogens with zero attached hydrogens (tertiary/aromatic N) is 4. The molecule has 0 bridgehead atoms. The fraction of sp³-hybridized carbons (Fsp3) is 0.552. The van der Waals surface area contributed by atoms with E-state index < -0.39 is 6.10 Å². The van der Waals surface area contributed by atoms with Gasteiger partial charge in [-0.1, -0.05) is 11.6 Å². The first-order chi connectivity index (χ1) is 18.2. The van der Waals surface area contributed by atoms with Gasteiger partial charge in [0.05, 0.1) is 24.9 Å². The van der Waals surface area contributed by atoms with Gasteiger partial charge in [0.2, 0.25) is 5.91 Å². The standard InChI is InChI=1S/C29H36ClN5O3/c1-17(2)35-25(4-7-32-35)22-13-23(22)28(37)33-27-12-19-10-21(24(30)11-20(19)14-31-27)18-5-8-34(9-6-18)29(3)16-38-15-26(29)36/h4,7,10-12,14,17-18,22-23,26,36H,5-6,8-9,13,15-16H2,1-3H3,(H,31,33,37)/t22-,23-,26-,29+/m0/s1. The van der Waals surface area contributed by atoms with Crippen LogP contribution in [0.3, 0.4) is 0 Å². The summed E-state index contributed by atoms with van der Waals surface area (Å²) in [5, 5.41) is 20.6. The minimum Gasteiger partial charge on any atom is -0.389 e. The molecule has 0 unspecified atom stereocenters. The Kier molecular flexibility index (Phi) is 6.71. The molecule has 2 N–H and O–H groups in total. The molecular weight excluding hydrogens is 502 g/mol. The lowest BCUT2D eigenvalue weighted by Crippen LogP contribution is -2.56. The summed E-state index contributed by atoms with van der Waals surface area (Å²) < 4.78 is 7.55. The summed E-state index contributed by atoms with van der Waals surface area (Å²) in [5.74, 6) is 1.06. The van der Waals surface area contributed by atoms with Crippen molar-refractivity contribution in [2.24, 2.45) is 5.92 Å². The van der Waals surface area contributed by atoms with Crippen LogP contribution in [0.1, 0.15) is 69.2 Å². The number of amides is 1. The van der Waals surface area contributed by atoms with Gasteiger partial charge in [-0.25, -0.2) is 4.98 Å². The van der Waals surface area contributed by atoms with Crippen LogP contribution in [-0.2, 0) is 9.53 Å². The smallest absolute Gasteiger partial charge is 0.229 e. The number of benzene rings is 1. The van der Waals surface area contributed by atoms with E-state index in [2.05, 4.69) is 47.1 Å². The van der Waals surface area contributed by atoms with Gasteiger partial charge in [-0.15, -0.1) is 0 Å². The van der Waals surface area contributed by atoms with E-state index in [1.165, 1.54) is 0 Å². The molecule has 6 rings (SSSR count). The monoisotopic (exact) mass is 537 g/mol. The fourth-order valence-corrected chi connectivity index (χ4v) is 6.63. The third-order valence-corrected chi connectivity index (χ3v) is 9.16. The second-order valence-electron chi connectivity index (χ2n) is 11.7. The van der Waals surface area contributed by atoms with E-state index in [1.54, 1.807) is 6.20 Å². The molecule has 1 saturated carbocycles. The number of ether oxygens (including phenoxy) is 1. The van der Waals surface area contributed by atoms with Gasteiger partial charge in [0, 0.05) is 46.4 Å². The van der Waals surface area contributed by atoms with Crippen LogP contribution in [-0.4, -0.2) is 68.6 Å². The van der Waals surface area contributed by atoms with Crippen molar-refractivity contribution in [1.29, 1.82) is 0 Å². The third kappa shape index (κ3) is 4.62. The number of carbonyl (C=O) groups excluding carboxylic acids is 1. The molecule has 2 aliphatic heterocycles. The first-order valence-corrected chi connectivity index (χ1v) is 14.1. The Hall–Kier alpha value is -2.52. The zero-order valence-electron chi connectivity index (χ0n) is 22.2. The first kappa shape index (κ1) is 25.7. The van der Waals surface area contributed by atoms with Crippen molar-refractivity contribution >= 4 is 34.1 Å². The van der Waals surface area contributed by atoms with Crippen LogP contribution in [0.25, 0.3) is 10.8 Å². The van der Waals surface area contributed by atoms with Gasteiger partial charge < -0.3 is 15.2 Å². The van der Waals surface area contributed by atoms with Gasteiger partial charge in [0.15, 0.2) is 0 Å². The molecule has 8 nitrogen and oxygen atoms in total. The van der Waals surface area contributed by atoms with E-state index in [1.807, 2.05) is 29.1 Å². The van der Waals surface area contributed by atoms with Crippen molar-refractivity contribution in [1.82, 2.24) is 19.7 Å². The molecular formula is C29H36ClN5O3. The number of nitrogens with one attached hydrogen (secondary N) is 1. The number of aliphatic hydroxyl groups is 1. The second-order valence-corrected chi connectivity index (χ2v) is 12.1. The molecule has 202 valence electrons. The predicted molar refractivity (Wildman–Crippen MR) is 148 cm³/mol. The normalized spacial score (nSPS) is 28.3. The summed E-state index contributed by atoms with van der Waals surface area (Å²) in [6.07, 6.45) is 5.92. The number of anilines is 1. The number of pyridine rings is 1. The molecule has 9 heteroatoms. The van der Waals surface area contributed by atoms with Gasteiger partial charge in [-0.2, -0.15) is 5.10 Å². The Balaban J connectivity index is 1.14. The Morgan fingerprint density at radius 1 is 1.24 bits per heavy atom. The van der Waals surface area contributed by atoms with Crippen LogP contribution < -0.4 is 5.32 Å². The Labute approximate surface area is 228 Å². The molecule has 3 aromatic rings. The van der Waals surface area contributed by atoms with E-state index >= 15 is 0 Å². The van der Waals surface area contributed by atoms with Crippen LogP contribution >= 0.6 is 11.6 Å². The maximum absolute atomic E-state index is 13.0. The quantitative estimate of drug-likeness (QED) is 0.472. The first-order valence-electron chi connectivity index (χ1n) is 13.7. The van der Waals surface area contributed by atoms with Crippen molar-refractivity contribution in [3.05, 3.63) is 52.9 Å². The van der Waals surface area contributed by atoms with Gasteiger partial charge in [-0.3, -0.25) is 14.4 Å². The van der Waals surface area contributed by atoms with Crippen molar-refractivity contribution in [3.8, 4) is 0 Å². The highest BCUT2D eigenvalue weighted by Crippen LogP contribution is 2.48. The Morgan fingerprint density at radius 3 is 2.74 bits per heavy atom. The van der Waals surface area contributed by atoms with E-state index in [-0.39, 0.29) is 29.3 Å². The summed E-state index contributed by atoms with van der Waals surface area (Å²) >= 11 is 6.75. The molecule has 1 aromatic carbocycles. The minimum atomic E-state index is -0.451. The number of likely N-dealkylation sites (tertiary alicyclic amines) is 1. The number of aliphatic hydroxyl groups excluding tert-OH is 1. The molecule has 3 aliphatic rings. The van der Waals surface area contributed by atoms with Gasteiger partial charge in [0.1, 0.15) is 5.82 Å². The lowest BCUT2D eigenvalue weighted by atomic mass is 9.85. The molecule has 1 amide bonds. The highest BCUT2D eigenvalue weighted by atomic mass is 35.5. The number of fused-ring (bicyclic) bond motifs is 1. The number of aromatic nitrogens is 3. The van der Waals surface area contributed by atoms with Gasteiger partial charge in [-0.05, 0) is 94.3 Å². The lowest BCUT2D eigenvalue weighted by Gasteiger charge is -2.43. The highest BCUT2D eigenvalue weighted by Gasteiger charge is 2.46. The maximum Gasteiger partial charge on any atom is 0.229 e. The second kappa shape index (κ2) is 9.90. The molecule has 0 radical (unpaired) electrons. The third-order valence-electron chi connectivity index (χ3n) is 8.83. The van der Waals surface area contributed by atoms with E-state index in [0.717, 1.165) is 59.4 Å². The lowest BCUT2D eigenvalue weighted by molar-refractivity contribution is -0.117. The SMILES string of the molecule is CC(C)n1nccc1[C@H]1C[C@@H]1C(=O)Nc1cc2cc(C3CCN([C@]4(C)COC[C@@H]4O)CC3)c(Cl)cc2cn1. The number of piperidine rings is 1. The average Bonchev–Trinajstić information content (AvgIpc) is 3.40. The summed E-state index contributed by atoms with van der Waals surface area (Å²) in [5.41, 5.74) is 1.95. The van der Waals surface area contributed by atoms with Crippen molar-refractivity contribution in [2.45, 2.75) is 69.6 Å².